The molecule has 0 aromatic heterocycles. The standard InChI is InChI=1S/C37H63N3O/c1-4-13-24(14-5-1)27-21-12-22-30-33-29-20-11-10-19-28(29)31(23-32(33)41-34(27)30)37-39-35(25-15-6-2-7-16-25)38-36(40-37)26-17-8-3-9-18-26/h24-40H,1-23H2. The number of nitrogens with one attached hydrogen (secondary N) is 3. The van der Waals surface area contributed by atoms with E-state index in [1.54, 1.807) is 0 Å². The molecule has 10 unspecified atom stereocenters. The maximum atomic E-state index is 7.42. The summed E-state index contributed by atoms with van der Waals surface area (Å²) in [5.41, 5.74) is 0. The van der Waals surface area contributed by atoms with Crippen LogP contribution in [0.1, 0.15) is 148 Å². The molecule has 8 fully saturated rings. The maximum Gasteiger partial charge on any atom is 0.0641 e. The van der Waals surface area contributed by atoms with Crippen LogP contribution in [-0.4, -0.2) is 30.7 Å². The van der Waals surface area contributed by atoms with Gasteiger partial charge in [0, 0.05) is 0 Å². The minimum absolute atomic E-state index is 0.474. The predicted molar refractivity (Wildman–Crippen MR) is 167 cm³/mol. The van der Waals surface area contributed by atoms with E-state index in [9.17, 15) is 0 Å². The monoisotopic (exact) mass is 565 g/mol. The highest BCUT2D eigenvalue weighted by Crippen LogP contribution is 2.59. The SMILES string of the molecule is C1CCC(C2NC(C3CCCCC3)NC(C3CC4OC5C(C6CCCCC6)CCCC5C4C4CCCCC34)N2)CC1. The summed E-state index contributed by atoms with van der Waals surface area (Å²) in [6.45, 7) is 0. The van der Waals surface area contributed by atoms with Crippen molar-refractivity contribution < 1.29 is 4.74 Å². The molecule has 0 aromatic rings. The van der Waals surface area contributed by atoms with Crippen LogP contribution in [0.4, 0.5) is 0 Å². The van der Waals surface area contributed by atoms with Gasteiger partial charge in [-0.2, -0.15) is 0 Å². The van der Waals surface area contributed by atoms with Gasteiger partial charge in [-0.25, -0.2) is 0 Å². The van der Waals surface area contributed by atoms with Crippen LogP contribution in [0.2, 0.25) is 0 Å². The first-order valence-electron chi connectivity index (χ1n) is 19.3. The Kier molecular flexibility index (Phi) is 8.76. The van der Waals surface area contributed by atoms with Crippen LogP contribution in [0.25, 0.3) is 0 Å². The van der Waals surface area contributed by atoms with Gasteiger partial charge in [0.15, 0.2) is 0 Å². The molecular formula is C37H63N3O. The van der Waals surface area contributed by atoms with Crippen molar-refractivity contribution in [2.24, 2.45) is 53.3 Å². The van der Waals surface area contributed by atoms with Crippen LogP contribution in [0.15, 0.2) is 0 Å². The van der Waals surface area contributed by atoms with Crippen molar-refractivity contribution in [1.82, 2.24) is 16.0 Å². The maximum absolute atomic E-state index is 7.42. The second kappa shape index (κ2) is 12.7. The van der Waals surface area contributed by atoms with Crippen LogP contribution < -0.4 is 16.0 Å². The average molecular weight is 566 g/mol. The normalized spacial score (nSPS) is 48.7. The zero-order valence-electron chi connectivity index (χ0n) is 26.3. The minimum atomic E-state index is 0.474. The number of fused-ring (bicyclic) bond motifs is 5. The lowest BCUT2D eigenvalue weighted by atomic mass is 9.55. The highest BCUT2D eigenvalue weighted by molar-refractivity contribution is 5.08. The molecule has 3 N–H and O–H groups in total. The first kappa shape index (κ1) is 28.3. The predicted octanol–water partition coefficient (Wildman–Crippen LogP) is 8.11. The molecule has 0 bridgehead atoms. The molecule has 8 rings (SSSR count). The lowest BCUT2D eigenvalue weighted by Crippen LogP contribution is -2.73. The molecule has 41 heavy (non-hydrogen) atoms. The first-order valence-corrected chi connectivity index (χ1v) is 19.3. The van der Waals surface area contributed by atoms with Gasteiger partial charge >= 0.3 is 0 Å². The Morgan fingerprint density at radius 1 is 0.366 bits per heavy atom. The molecule has 2 heterocycles. The topological polar surface area (TPSA) is 45.3 Å². The minimum Gasteiger partial charge on any atom is -0.374 e. The van der Waals surface area contributed by atoms with Gasteiger partial charge in [0.2, 0.25) is 0 Å². The fraction of sp³-hybridized carbons (Fsp3) is 1.00. The van der Waals surface area contributed by atoms with E-state index in [4.69, 9.17) is 4.74 Å². The fourth-order valence-corrected chi connectivity index (χ4v) is 12.8. The van der Waals surface area contributed by atoms with Crippen LogP contribution in [0, 0.1) is 53.3 Å². The van der Waals surface area contributed by atoms with E-state index < -0.39 is 0 Å². The molecule has 232 valence electrons. The van der Waals surface area contributed by atoms with E-state index in [0.717, 1.165) is 53.3 Å². The number of rotatable bonds is 4. The quantitative estimate of drug-likeness (QED) is 0.322. The van der Waals surface area contributed by atoms with Gasteiger partial charge in [0.05, 0.1) is 30.7 Å². The van der Waals surface area contributed by atoms with E-state index in [2.05, 4.69) is 16.0 Å². The average Bonchev–Trinajstić information content (AvgIpc) is 3.44. The first-order chi connectivity index (χ1) is 20.3. The van der Waals surface area contributed by atoms with Crippen molar-refractivity contribution in [3.05, 3.63) is 0 Å². The lowest BCUT2D eigenvalue weighted by molar-refractivity contribution is -0.0829. The molecule has 6 saturated carbocycles. The van der Waals surface area contributed by atoms with E-state index in [0.29, 0.717) is 30.7 Å². The lowest BCUT2D eigenvalue weighted by Gasteiger charge is -2.54. The Morgan fingerprint density at radius 3 is 1.49 bits per heavy atom. The van der Waals surface area contributed by atoms with E-state index in [1.807, 2.05) is 0 Å². The van der Waals surface area contributed by atoms with Crippen molar-refractivity contribution in [2.45, 2.75) is 178 Å². The van der Waals surface area contributed by atoms with Crippen molar-refractivity contribution in [3.63, 3.8) is 0 Å². The molecule has 6 aliphatic carbocycles. The molecule has 0 amide bonds. The zero-order valence-corrected chi connectivity index (χ0v) is 26.3. The Morgan fingerprint density at radius 2 is 0.854 bits per heavy atom. The number of ether oxygens (including phenoxy) is 1. The Hall–Kier alpha value is -0.160. The summed E-state index contributed by atoms with van der Waals surface area (Å²) in [5.74, 6) is 7.81. The van der Waals surface area contributed by atoms with Crippen LogP contribution >= 0.6 is 0 Å². The second-order valence-corrected chi connectivity index (χ2v) is 16.6. The molecule has 0 aromatic carbocycles. The van der Waals surface area contributed by atoms with Crippen LogP contribution in [-0.2, 0) is 4.74 Å². The van der Waals surface area contributed by atoms with Crippen molar-refractivity contribution in [1.29, 1.82) is 0 Å². The number of hydrogen-bond donors (Lipinski definition) is 3. The number of hydrogen-bond acceptors (Lipinski definition) is 4. The molecule has 8 aliphatic rings. The summed E-state index contributed by atoms with van der Waals surface area (Å²) in [5, 5.41) is 12.9. The fourth-order valence-electron chi connectivity index (χ4n) is 12.8. The molecule has 2 saturated heterocycles. The van der Waals surface area contributed by atoms with Crippen molar-refractivity contribution in [3.8, 4) is 0 Å². The summed E-state index contributed by atoms with van der Waals surface area (Å²) in [4.78, 5) is 0. The highest BCUT2D eigenvalue weighted by atomic mass is 16.5. The van der Waals surface area contributed by atoms with Crippen LogP contribution in [0.3, 0.4) is 0 Å². The van der Waals surface area contributed by atoms with Gasteiger partial charge in [-0.15, -0.1) is 0 Å². The smallest absolute Gasteiger partial charge is 0.0641 e. The third-order valence-corrected chi connectivity index (χ3v) is 14.6. The highest BCUT2D eigenvalue weighted by Gasteiger charge is 2.59. The molecular weight excluding hydrogens is 502 g/mol. The van der Waals surface area contributed by atoms with Gasteiger partial charge in [0.25, 0.3) is 0 Å². The third kappa shape index (κ3) is 5.61. The molecule has 4 heteroatoms. The van der Waals surface area contributed by atoms with E-state index in [-0.39, 0.29) is 0 Å². The van der Waals surface area contributed by atoms with Crippen molar-refractivity contribution in [2.75, 3.05) is 0 Å². The summed E-state index contributed by atoms with van der Waals surface area (Å²) >= 11 is 0. The van der Waals surface area contributed by atoms with E-state index >= 15 is 0 Å². The van der Waals surface area contributed by atoms with Gasteiger partial charge in [0.1, 0.15) is 0 Å². The van der Waals surface area contributed by atoms with Gasteiger partial charge in [-0.3, -0.25) is 16.0 Å². The summed E-state index contributed by atoms with van der Waals surface area (Å²) in [6, 6.07) is 0. The van der Waals surface area contributed by atoms with Crippen LogP contribution in [0.5, 0.6) is 0 Å². The van der Waals surface area contributed by atoms with Gasteiger partial charge < -0.3 is 4.74 Å². The molecule has 2 aliphatic heterocycles. The molecule has 0 spiro atoms. The van der Waals surface area contributed by atoms with E-state index in [1.165, 1.54) is 148 Å². The van der Waals surface area contributed by atoms with Gasteiger partial charge in [-0.05, 0) is 111 Å². The summed E-state index contributed by atoms with van der Waals surface area (Å²) < 4.78 is 7.42. The summed E-state index contributed by atoms with van der Waals surface area (Å²) in [6.07, 6.45) is 36.1. The second-order valence-electron chi connectivity index (χ2n) is 16.6. The third-order valence-electron chi connectivity index (χ3n) is 14.6. The molecule has 4 nitrogen and oxygen atoms in total. The molecule has 10 atom stereocenters. The Labute approximate surface area is 252 Å². The Bertz CT molecular complexity index is 821. The largest absolute Gasteiger partial charge is 0.374 e. The van der Waals surface area contributed by atoms with Gasteiger partial charge in [-0.1, -0.05) is 89.9 Å². The Balaban J connectivity index is 1.04. The zero-order chi connectivity index (χ0) is 27.2. The summed E-state index contributed by atoms with van der Waals surface area (Å²) in [7, 11) is 0. The van der Waals surface area contributed by atoms with Crippen molar-refractivity contribution >= 4 is 0 Å². The molecule has 0 radical (unpaired) electrons.